The fourth-order valence-corrected chi connectivity index (χ4v) is 7.74. The first-order valence-corrected chi connectivity index (χ1v) is 18.3. The van der Waals surface area contributed by atoms with Gasteiger partial charge in [-0.3, -0.25) is 20.2 Å². The quantitative estimate of drug-likeness (QED) is 0.0573. The first kappa shape index (κ1) is 34.2. The Morgan fingerprint density at radius 2 is 1.09 bits per heavy atom. The maximum atomic E-state index is 11.8. The molecule has 5 heterocycles. The van der Waals surface area contributed by atoms with E-state index in [-0.39, 0.29) is 11.9 Å². The number of thiophene rings is 2. The van der Waals surface area contributed by atoms with Crippen LogP contribution in [-0.2, 0) is 0 Å². The predicted octanol–water partition coefficient (Wildman–Crippen LogP) is 9.65. The van der Waals surface area contributed by atoms with E-state index < -0.39 is 0 Å². The van der Waals surface area contributed by atoms with Crippen LogP contribution < -0.4 is 27.6 Å². The SMILES string of the molecule is NNC(=O)c1cc2c(Nc3ccc(-c4ccccc4)cc3)cncc2s1.Nc1nnc(-c2cc3c(Nc4ccc(-c5ccccc5)cc4)cncc3s2)o1. The van der Waals surface area contributed by atoms with Crippen LogP contribution >= 0.6 is 22.7 Å². The Hall–Kier alpha value is -6.93. The number of nitrogens with one attached hydrogen (secondary N) is 3. The van der Waals surface area contributed by atoms with Gasteiger partial charge in [-0.25, -0.2) is 5.84 Å². The van der Waals surface area contributed by atoms with Crippen molar-refractivity contribution in [2.75, 3.05) is 16.4 Å². The van der Waals surface area contributed by atoms with Gasteiger partial charge in [0.25, 0.3) is 11.8 Å². The molecule has 9 aromatic rings. The van der Waals surface area contributed by atoms with Crippen molar-refractivity contribution in [2.24, 2.45) is 5.84 Å². The number of anilines is 5. The standard InChI is InChI=1S/C21H15N5OS.C20H16N4OS/c22-21-26-25-20(27-21)18-10-16-17(11-23-12-19(16)28-18)24-15-8-6-14(7-9-15)13-4-2-1-3-5-13;21-24-20(25)18-10-16-17(11-22-12-19(16)26-18)23-15-8-6-14(7-9-15)13-4-2-1-3-5-13/h1-12,24H,(H2,22,26);1-12,23H,21H2,(H,24,25). The van der Waals surface area contributed by atoms with Crippen molar-refractivity contribution in [2.45, 2.75) is 0 Å². The van der Waals surface area contributed by atoms with Gasteiger partial charge in [-0.15, -0.1) is 27.8 Å². The first-order chi connectivity index (χ1) is 26.5. The van der Waals surface area contributed by atoms with Crippen LogP contribution in [0.25, 0.3) is 53.2 Å². The highest BCUT2D eigenvalue weighted by atomic mass is 32.1. The molecule has 0 spiro atoms. The summed E-state index contributed by atoms with van der Waals surface area (Å²) in [5, 5.41) is 16.5. The molecule has 9 rings (SSSR count). The van der Waals surface area contributed by atoms with Crippen molar-refractivity contribution in [3.63, 3.8) is 0 Å². The van der Waals surface area contributed by atoms with Gasteiger partial charge in [0.1, 0.15) is 0 Å². The monoisotopic (exact) mass is 745 g/mol. The highest BCUT2D eigenvalue weighted by Gasteiger charge is 2.14. The van der Waals surface area contributed by atoms with Gasteiger partial charge in [-0.1, -0.05) is 90.0 Å². The molecule has 0 fully saturated rings. The number of benzene rings is 4. The van der Waals surface area contributed by atoms with Crippen molar-refractivity contribution in [1.29, 1.82) is 0 Å². The summed E-state index contributed by atoms with van der Waals surface area (Å²) in [7, 11) is 0. The summed E-state index contributed by atoms with van der Waals surface area (Å²) in [5.41, 5.74) is 16.1. The van der Waals surface area contributed by atoms with Gasteiger partial charge in [-0.2, -0.15) is 0 Å². The van der Waals surface area contributed by atoms with E-state index in [0.29, 0.717) is 10.8 Å². The molecule has 7 N–H and O–H groups in total. The number of aromatic nitrogens is 4. The molecule has 0 saturated heterocycles. The second kappa shape index (κ2) is 15.4. The number of amides is 1. The van der Waals surface area contributed by atoms with E-state index in [2.05, 4.69) is 96.9 Å². The molecule has 13 heteroatoms. The number of rotatable bonds is 8. The lowest BCUT2D eigenvalue weighted by Gasteiger charge is -2.08. The Morgan fingerprint density at radius 3 is 1.59 bits per heavy atom. The summed E-state index contributed by atoms with van der Waals surface area (Å²) in [6, 6.07) is 41.0. The largest absolute Gasteiger partial charge is 0.403 e. The van der Waals surface area contributed by atoms with Gasteiger partial charge in [0.2, 0.25) is 0 Å². The Bertz CT molecular complexity index is 2680. The summed E-state index contributed by atoms with van der Waals surface area (Å²) in [4.78, 5) is 21.8. The predicted molar refractivity (Wildman–Crippen MR) is 219 cm³/mol. The third-order valence-corrected chi connectivity index (χ3v) is 10.6. The van der Waals surface area contributed by atoms with Crippen LogP contribution in [0, 0.1) is 0 Å². The molecular weight excluding hydrogens is 715 g/mol. The van der Waals surface area contributed by atoms with Gasteiger partial charge in [0.05, 0.1) is 42.9 Å². The lowest BCUT2D eigenvalue weighted by Crippen LogP contribution is -2.29. The number of hydrogen-bond donors (Lipinski definition) is 5. The molecule has 0 bridgehead atoms. The van der Waals surface area contributed by atoms with Gasteiger partial charge in [-0.05, 0) is 58.7 Å². The molecular formula is C41H31N9O2S2. The molecule has 0 unspecified atom stereocenters. The van der Waals surface area contributed by atoms with Crippen LogP contribution in [0.2, 0.25) is 0 Å². The molecule has 5 aromatic heterocycles. The van der Waals surface area contributed by atoms with Crippen molar-refractivity contribution in [3.8, 4) is 33.0 Å². The van der Waals surface area contributed by atoms with E-state index in [1.54, 1.807) is 12.4 Å². The molecule has 264 valence electrons. The lowest BCUT2D eigenvalue weighted by atomic mass is 10.1. The number of hydrazine groups is 1. The highest BCUT2D eigenvalue weighted by molar-refractivity contribution is 7.22. The zero-order valence-electron chi connectivity index (χ0n) is 28.4. The zero-order valence-corrected chi connectivity index (χ0v) is 30.1. The minimum atomic E-state index is -0.302. The van der Waals surface area contributed by atoms with Crippen LogP contribution in [0.3, 0.4) is 0 Å². The van der Waals surface area contributed by atoms with Crippen molar-refractivity contribution < 1.29 is 9.21 Å². The van der Waals surface area contributed by atoms with Crippen molar-refractivity contribution in [1.82, 2.24) is 25.6 Å². The van der Waals surface area contributed by atoms with E-state index in [1.165, 1.54) is 39.4 Å². The zero-order chi connectivity index (χ0) is 36.9. The number of fused-ring (bicyclic) bond motifs is 2. The highest BCUT2D eigenvalue weighted by Crippen LogP contribution is 2.37. The second-order valence-electron chi connectivity index (χ2n) is 12.0. The summed E-state index contributed by atoms with van der Waals surface area (Å²) in [6.45, 7) is 0. The van der Waals surface area contributed by atoms with E-state index in [4.69, 9.17) is 16.0 Å². The van der Waals surface area contributed by atoms with Crippen molar-refractivity contribution in [3.05, 3.63) is 151 Å². The number of carbonyl (C=O) groups is 1. The second-order valence-corrected chi connectivity index (χ2v) is 14.1. The summed E-state index contributed by atoms with van der Waals surface area (Å²) >= 11 is 2.89. The minimum Gasteiger partial charge on any atom is -0.403 e. The Morgan fingerprint density at radius 1 is 0.593 bits per heavy atom. The van der Waals surface area contributed by atoms with E-state index in [1.807, 2.05) is 73.1 Å². The van der Waals surface area contributed by atoms with Crippen molar-refractivity contribution >= 4 is 77.5 Å². The van der Waals surface area contributed by atoms with E-state index in [0.717, 1.165) is 53.4 Å². The number of carbonyl (C=O) groups excluding carboxylic acids is 1. The number of hydrogen-bond acceptors (Lipinski definition) is 12. The molecule has 0 aliphatic rings. The molecule has 0 aliphatic carbocycles. The van der Waals surface area contributed by atoms with Gasteiger partial charge >= 0.3 is 6.01 Å². The number of nitrogen functional groups attached to an aromatic ring is 2. The van der Waals surface area contributed by atoms with Crippen LogP contribution in [0.5, 0.6) is 0 Å². The molecule has 0 radical (unpaired) electrons. The summed E-state index contributed by atoms with van der Waals surface area (Å²) < 4.78 is 7.29. The summed E-state index contributed by atoms with van der Waals surface area (Å²) in [6.07, 6.45) is 7.14. The fraction of sp³-hybridized carbons (Fsp3) is 0. The average Bonchev–Trinajstić information content (AvgIpc) is 3.98. The van der Waals surface area contributed by atoms with E-state index >= 15 is 0 Å². The number of nitrogens with two attached hydrogens (primary N) is 2. The Kier molecular flexibility index (Phi) is 9.72. The van der Waals surface area contributed by atoms with Crippen LogP contribution in [0.15, 0.2) is 151 Å². The maximum absolute atomic E-state index is 11.8. The van der Waals surface area contributed by atoms with Gasteiger partial charge in [0.15, 0.2) is 0 Å². The van der Waals surface area contributed by atoms with Crippen LogP contribution in [0.4, 0.5) is 28.8 Å². The molecule has 0 aliphatic heterocycles. The fourth-order valence-electron chi connectivity index (χ4n) is 5.81. The van der Waals surface area contributed by atoms with E-state index in [9.17, 15) is 4.79 Å². The van der Waals surface area contributed by atoms with Crippen LogP contribution in [0.1, 0.15) is 9.67 Å². The smallest absolute Gasteiger partial charge is 0.313 e. The molecule has 0 atom stereocenters. The molecule has 1 amide bonds. The van der Waals surface area contributed by atoms with Gasteiger partial charge in [0, 0.05) is 34.5 Å². The number of pyridine rings is 2. The molecule has 11 nitrogen and oxygen atoms in total. The van der Waals surface area contributed by atoms with Gasteiger partial charge < -0.3 is 20.8 Å². The summed E-state index contributed by atoms with van der Waals surface area (Å²) in [5.74, 6) is 5.34. The Labute approximate surface area is 317 Å². The third kappa shape index (κ3) is 7.49. The molecule has 54 heavy (non-hydrogen) atoms. The minimum absolute atomic E-state index is 0.0578. The Balaban J connectivity index is 0.000000154. The topological polar surface area (TPSA) is 170 Å². The normalized spacial score (nSPS) is 10.8. The third-order valence-electron chi connectivity index (χ3n) is 8.44. The first-order valence-electron chi connectivity index (χ1n) is 16.7. The molecule has 4 aromatic carbocycles. The lowest BCUT2D eigenvalue weighted by molar-refractivity contribution is 0.0957. The molecule has 0 saturated carbocycles. The number of nitrogens with zero attached hydrogens (tertiary/aromatic N) is 4. The maximum Gasteiger partial charge on any atom is 0.313 e. The van der Waals surface area contributed by atoms with Crippen LogP contribution in [-0.4, -0.2) is 26.1 Å². The average molecular weight is 746 g/mol.